The Balaban J connectivity index is 1.26. The van der Waals surface area contributed by atoms with Crippen molar-refractivity contribution in [2.75, 3.05) is 62.7 Å². The van der Waals surface area contributed by atoms with Crippen molar-refractivity contribution in [3.63, 3.8) is 0 Å². The van der Waals surface area contributed by atoms with Crippen molar-refractivity contribution in [1.82, 2.24) is 10.2 Å². The minimum absolute atomic E-state index is 0.0824. The van der Waals surface area contributed by atoms with Crippen molar-refractivity contribution in [1.29, 1.82) is 0 Å². The second-order valence-corrected chi connectivity index (χ2v) is 11.2. The molecule has 10 heteroatoms. The summed E-state index contributed by atoms with van der Waals surface area (Å²) in [5.41, 5.74) is 3.44. The van der Waals surface area contributed by atoms with E-state index in [-0.39, 0.29) is 11.6 Å². The van der Waals surface area contributed by atoms with Gasteiger partial charge in [0.1, 0.15) is 0 Å². The number of non-ortho nitro benzene ring substituents is 1. The van der Waals surface area contributed by atoms with Gasteiger partial charge in [-0.15, -0.1) is 0 Å². The van der Waals surface area contributed by atoms with Gasteiger partial charge in [0.05, 0.1) is 23.7 Å². The number of nitro benzene ring substituents is 1. The normalized spacial score (nSPS) is 16.0. The van der Waals surface area contributed by atoms with E-state index in [2.05, 4.69) is 44.7 Å². The number of nitrogens with one attached hydrogen (secondary N) is 2. The summed E-state index contributed by atoms with van der Waals surface area (Å²) in [4.78, 5) is 41.5. The molecule has 2 heterocycles. The Labute approximate surface area is 252 Å². The molecular formula is C33H39N5O5. The number of hydrogen-bond donors (Lipinski definition) is 2. The Morgan fingerprint density at radius 3 is 2.33 bits per heavy atom. The molecule has 3 aromatic rings. The van der Waals surface area contributed by atoms with Crippen LogP contribution in [0.3, 0.4) is 0 Å². The average molecular weight is 586 g/mol. The fourth-order valence-corrected chi connectivity index (χ4v) is 5.76. The average Bonchev–Trinajstić information content (AvgIpc) is 3.04. The Kier molecular flexibility index (Phi) is 10.4. The molecular weight excluding hydrogens is 546 g/mol. The lowest BCUT2D eigenvalue weighted by Crippen LogP contribution is -2.38. The lowest BCUT2D eigenvalue weighted by atomic mass is 9.89. The number of ether oxygens (including phenoxy) is 1. The van der Waals surface area contributed by atoms with Gasteiger partial charge in [0, 0.05) is 61.8 Å². The Hall–Kier alpha value is -4.28. The topological polar surface area (TPSA) is 117 Å². The fourth-order valence-electron chi connectivity index (χ4n) is 5.76. The third-order valence-corrected chi connectivity index (χ3v) is 8.20. The molecule has 2 saturated heterocycles. The van der Waals surface area contributed by atoms with E-state index < -0.39 is 10.8 Å². The van der Waals surface area contributed by atoms with Crippen LogP contribution in [0.15, 0.2) is 72.8 Å². The van der Waals surface area contributed by atoms with Crippen molar-refractivity contribution in [2.45, 2.75) is 25.7 Å². The molecule has 2 fully saturated rings. The number of carbonyl (C=O) groups is 2. The van der Waals surface area contributed by atoms with Crippen molar-refractivity contribution in [3.8, 4) is 0 Å². The van der Waals surface area contributed by atoms with E-state index in [1.54, 1.807) is 6.07 Å². The SMILES string of the molecule is O=C(Nc1ccc(N2CCC(Cc3ccccc3)CC2)c(C(=O)NCCCN2CCOCC2)c1)c1ccc([N+](=O)[O-])cc1. The molecule has 2 aliphatic heterocycles. The van der Waals surface area contributed by atoms with Gasteiger partial charge < -0.3 is 20.3 Å². The molecule has 43 heavy (non-hydrogen) atoms. The summed E-state index contributed by atoms with van der Waals surface area (Å²) >= 11 is 0. The van der Waals surface area contributed by atoms with Gasteiger partial charge in [0.25, 0.3) is 17.5 Å². The highest BCUT2D eigenvalue weighted by atomic mass is 16.6. The van der Waals surface area contributed by atoms with Crippen LogP contribution in [-0.4, -0.2) is 74.1 Å². The number of piperidine rings is 1. The highest BCUT2D eigenvalue weighted by Gasteiger charge is 2.24. The van der Waals surface area contributed by atoms with Crippen molar-refractivity contribution >= 4 is 28.9 Å². The van der Waals surface area contributed by atoms with Crippen molar-refractivity contribution in [2.24, 2.45) is 5.92 Å². The van der Waals surface area contributed by atoms with Crippen LogP contribution < -0.4 is 15.5 Å². The van der Waals surface area contributed by atoms with Gasteiger partial charge in [-0.1, -0.05) is 30.3 Å². The largest absolute Gasteiger partial charge is 0.379 e. The monoisotopic (exact) mass is 585 g/mol. The number of hydrogen-bond acceptors (Lipinski definition) is 7. The highest BCUT2D eigenvalue weighted by molar-refractivity contribution is 6.06. The molecule has 0 aliphatic carbocycles. The van der Waals surface area contributed by atoms with E-state index in [0.717, 1.165) is 77.3 Å². The maximum atomic E-state index is 13.5. The van der Waals surface area contributed by atoms with E-state index in [0.29, 0.717) is 29.3 Å². The zero-order valence-corrected chi connectivity index (χ0v) is 24.4. The zero-order chi connectivity index (χ0) is 30.0. The highest BCUT2D eigenvalue weighted by Crippen LogP contribution is 2.30. The number of nitro groups is 1. The molecule has 10 nitrogen and oxygen atoms in total. The van der Waals surface area contributed by atoms with Gasteiger partial charge in [-0.3, -0.25) is 24.6 Å². The van der Waals surface area contributed by atoms with Crippen LogP contribution >= 0.6 is 0 Å². The van der Waals surface area contributed by atoms with Crippen LogP contribution in [0.1, 0.15) is 45.5 Å². The summed E-state index contributed by atoms with van der Waals surface area (Å²) in [5, 5.41) is 16.9. The lowest BCUT2D eigenvalue weighted by molar-refractivity contribution is -0.384. The second-order valence-electron chi connectivity index (χ2n) is 11.2. The molecule has 226 valence electrons. The van der Waals surface area contributed by atoms with Gasteiger partial charge in [0.2, 0.25) is 0 Å². The molecule has 2 amide bonds. The Bertz CT molecular complexity index is 1380. The summed E-state index contributed by atoms with van der Waals surface area (Å²) in [6, 6.07) is 21.4. The minimum atomic E-state index is -0.503. The summed E-state index contributed by atoms with van der Waals surface area (Å²) < 4.78 is 5.42. The molecule has 3 aromatic carbocycles. The smallest absolute Gasteiger partial charge is 0.269 e. The molecule has 0 atom stereocenters. The van der Waals surface area contributed by atoms with E-state index in [1.807, 2.05) is 18.2 Å². The first kappa shape index (κ1) is 30.2. The number of benzene rings is 3. The van der Waals surface area contributed by atoms with Gasteiger partial charge in [-0.05, 0) is 74.0 Å². The molecule has 0 saturated carbocycles. The second kappa shape index (κ2) is 14.8. The molecule has 0 unspecified atom stereocenters. The van der Waals surface area contributed by atoms with Crippen LogP contribution in [0, 0.1) is 16.0 Å². The standard InChI is InChI=1S/C33H39N5O5/c39-32(27-7-10-29(11-8-27)38(41)42)35-28-9-12-31(37-17-13-26(14-18-37)23-25-5-2-1-3-6-25)30(24-28)33(40)34-15-4-16-36-19-21-43-22-20-36/h1-3,5-12,24,26H,4,13-23H2,(H,34,40)(H,35,39). The van der Waals surface area contributed by atoms with Gasteiger partial charge in [-0.25, -0.2) is 0 Å². The van der Waals surface area contributed by atoms with Gasteiger partial charge in [0.15, 0.2) is 0 Å². The maximum Gasteiger partial charge on any atom is 0.269 e. The molecule has 0 aromatic heterocycles. The predicted molar refractivity (Wildman–Crippen MR) is 167 cm³/mol. The third kappa shape index (κ3) is 8.39. The van der Waals surface area contributed by atoms with Crippen molar-refractivity contribution < 1.29 is 19.2 Å². The summed E-state index contributed by atoms with van der Waals surface area (Å²) in [5.74, 6) is 0.0208. The molecule has 0 radical (unpaired) electrons. The maximum absolute atomic E-state index is 13.5. The van der Waals surface area contributed by atoms with Crippen LogP contribution in [0.5, 0.6) is 0 Å². The fraction of sp³-hybridized carbons (Fsp3) is 0.394. The first-order valence-corrected chi connectivity index (χ1v) is 15.0. The molecule has 2 aliphatic rings. The molecule has 2 N–H and O–H groups in total. The van der Waals surface area contributed by atoms with E-state index in [9.17, 15) is 19.7 Å². The molecule has 0 bridgehead atoms. The minimum Gasteiger partial charge on any atom is -0.379 e. The number of carbonyl (C=O) groups excluding carboxylic acids is 2. The van der Waals surface area contributed by atoms with E-state index in [1.165, 1.54) is 29.8 Å². The number of nitrogens with zero attached hydrogens (tertiary/aromatic N) is 3. The van der Waals surface area contributed by atoms with Crippen molar-refractivity contribution in [3.05, 3.63) is 99.6 Å². The Morgan fingerprint density at radius 2 is 1.63 bits per heavy atom. The third-order valence-electron chi connectivity index (χ3n) is 8.20. The summed E-state index contributed by atoms with van der Waals surface area (Å²) in [6.07, 6.45) is 3.96. The van der Waals surface area contributed by atoms with Crippen LogP contribution in [0.4, 0.5) is 17.1 Å². The lowest BCUT2D eigenvalue weighted by Gasteiger charge is -2.35. The van der Waals surface area contributed by atoms with E-state index >= 15 is 0 Å². The van der Waals surface area contributed by atoms with E-state index in [4.69, 9.17) is 4.74 Å². The first-order valence-electron chi connectivity index (χ1n) is 15.0. The number of anilines is 2. The number of morpholine rings is 1. The molecule has 0 spiro atoms. The first-order chi connectivity index (χ1) is 21.0. The number of amides is 2. The summed E-state index contributed by atoms with van der Waals surface area (Å²) in [6.45, 7) is 6.47. The van der Waals surface area contributed by atoms with Gasteiger partial charge in [-0.2, -0.15) is 0 Å². The van der Waals surface area contributed by atoms with Gasteiger partial charge >= 0.3 is 0 Å². The Morgan fingerprint density at radius 1 is 0.907 bits per heavy atom. The summed E-state index contributed by atoms with van der Waals surface area (Å²) in [7, 11) is 0. The quantitative estimate of drug-likeness (QED) is 0.189. The zero-order valence-electron chi connectivity index (χ0n) is 24.4. The molecule has 5 rings (SSSR count). The van der Waals surface area contributed by atoms with Crippen LogP contribution in [0.2, 0.25) is 0 Å². The predicted octanol–water partition coefficient (Wildman–Crippen LogP) is 4.76. The van der Waals surface area contributed by atoms with Crippen LogP contribution in [0.25, 0.3) is 0 Å². The number of rotatable bonds is 11. The van der Waals surface area contributed by atoms with Crippen LogP contribution in [-0.2, 0) is 11.2 Å².